The lowest BCUT2D eigenvalue weighted by atomic mass is 9.93. The van der Waals surface area contributed by atoms with Gasteiger partial charge in [0.1, 0.15) is 12.1 Å². The normalized spacial score (nSPS) is 22.7. The molecular weight excluding hydrogens is 560 g/mol. The van der Waals surface area contributed by atoms with Crippen LogP contribution in [0.15, 0.2) is 49.6 Å². The number of hydrogen-bond acceptors (Lipinski definition) is 6. The first-order valence-corrected chi connectivity index (χ1v) is 15.5. The van der Waals surface area contributed by atoms with Crippen molar-refractivity contribution in [3.63, 3.8) is 0 Å². The summed E-state index contributed by atoms with van der Waals surface area (Å²) in [4.78, 5) is 68.3. The molecule has 0 aromatic heterocycles. The SMILES string of the molecule is C=CCCC(NC(=O)[C@@H]1C2C(CN1C(=O)[C@@H](NC(=O)OCC(C)C)C1Cc3ccccc3C1)C2(C)C)C(=O)C(=O)NCC=C. The molecule has 1 aromatic carbocycles. The molecule has 10 nitrogen and oxygen atoms in total. The summed E-state index contributed by atoms with van der Waals surface area (Å²) in [6.45, 7) is 15.9. The van der Waals surface area contributed by atoms with Crippen molar-refractivity contribution in [2.75, 3.05) is 19.7 Å². The molecule has 2 aliphatic carbocycles. The summed E-state index contributed by atoms with van der Waals surface area (Å²) >= 11 is 0. The fourth-order valence-corrected chi connectivity index (χ4v) is 6.83. The Labute approximate surface area is 260 Å². The zero-order valence-electron chi connectivity index (χ0n) is 26.3. The fourth-order valence-electron chi connectivity index (χ4n) is 6.83. The average Bonchev–Trinajstić information content (AvgIpc) is 3.36. The van der Waals surface area contributed by atoms with Gasteiger partial charge in [-0.25, -0.2) is 4.79 Å². The quantitative estimate of drug-likeness (QED) is 0.220. The minimum absolute atomic E-state index is 0.0923. The van der Waals surface area contributed by atoms with Crippen LogP contribution in [-0.2, 0) is 36.8 Å². The Kier molecular flexibility index (Phi) is 10.3. The van der Waals surface area contributed by atoms with Gasteiger partial charge in [0.2, 0.25) is 17.6 Å². The van der Waals surface area contributed by atoms with E-state index in [1.54, 1.807) is 11.0 Å². The summed E-state index contributed by atoms with van der Waals surface area (Å²) in [6.07, 6.45) is 4.23. The molecule has 3 aliphatic rings. The van der Waals surface area contributed by atoms with Gasteiger partial charge in [0.25, 0.3) is 5.91 Å². The maximum Gasteiger partial charge on any atom is 0.407 e. The van der Waals surface area contributed by atoms with Crippen LogP contribution in [0.3, 0.4) is 0 Å². The van der Waals surface area contributed by atoms with Crippen molar-refractivity contribution in [3.8, 4) is 0 Å². The highest BCUT2D eigenvalue weighted by Crippen LogP contribution is 2.65. The van der Waals surface area contributed by atoms with Crippen molar-refractivity contribution in [1.82, 2.24) is 20.9 Å². The summed E-state index contributed by atoms with van der Waals surface area (Å²) in [5, 5.41) is 8.12. The minimum atomic E-state index is -1.08. The van der Waals surface area contributed by atoms with Crippen LogP contribution in [0.4, 0.5) is 4.79 Å². The van der Waals surface area contributed by atoms with Crippen molar-refractivity contribution in [2.45, 2.75) is 71.5 Å². The van der Waals surface area contributed by atoms with Gasteiger partial charge in [0.05, 0.1) is 12.6 Å². The van der Waals surface area contributed by atoms with E-state index in [1.165, 1.54) is 6.08 Å². The number of fused-ring (bicyclic) bond motifs is 2. The lowest BCUT2D eigenvalue weighted by molar-refractivity contribution is -0.144. The molecule has 0 bridgehead atoms. The molecule has 1 heterocycles. The van der Waals surface area contributed by atoms with Gasteiger partial charge in [-0.2, -0.15) is 0 Å². The van der Waals surface area contributed by atoms with E-state index in [2.05, 4.69) is 43.0 Å². The summed E-state index contributed by atoms with van der Waals surface area (Å²) in [5.41, 5.74) is 2.08. The predicted molar refractivity (Wildman–Crippen MR) is 166 cm³/mol. The van der Waals surface area contributed by atoms with E-state index < -0.39 is 41.8 Å². The van der Waals surface area contributed by atoms with Gasteiger partial charge in [-0.1, -0.05) is 64.1 Å². The number of piperidine rings is 1. The van der Waals surface area contributed by atoms with Gasteiger partial charge >= 0.3 is 6.09 Å². The van der Waals surface area contributed by atoms with Crippen molar-refractivity contribution < 1.29 is 28.7 Å². The lowest BCUT2D eigenvalue weighted by Gasteiger charge is -2.35. The fraction of sp³-hybridized carbons (Fsp3) is 0.559. The third-order valence-corrected chi connectivity index (χ3v) is 9.32. The number of alkyl carbamates (subject to hydrolysis) is 1. The Morgan fingerprint density at radius 3 is 2.30 bits per heavy atom. The van der Waals surface area contributed by atoms with E-state index in [0.717, 1.165) is 11.1 Å². The third kappa shape index (κ3) is 7.05. The molecule has 1 aliphatic heterocycles. The van der Waals surface area contributed by atoms with Crippen LogP contribution in [0.25, 0.3) is 0 Å². The Morgan fingerprint density at radius 2 is 1.70 bits per heavy atom. The summed E-state index contributed by atoms with van der Waals surface area (Å²) < 4.78 is 5.40. The van der Waals surface area contributed by atoms with E-state index in [-0.39, 0.29) is 54.6 Å². The largest absolute Gasteiger partial charge is 0.449 e. The van der Waals surface area contributed by atoms with Crippen molar-refractivity contribution >= 4 is 29.6 Å². The van der Waals surface area contributed by atoms with E-state index in [0.29, 0.717) is 25.8 Å². The predicted octanol–water partition coefficient (Wildman–Crippen LogP) is 2.96. The van der Waals surface area contributed by atoms with E-state index >= 15 is 0 Å². The second-order valence-electron chi connectivity index (χ2n) is 13.2. The summed E-state index contributed by atoms with van der Waals surface area (Å²) in [5.74, 6) is -2.51. The van der Waals surface area contributed by atoms with Crippen molar-refractivity contribution in [2.24, 2.45) is 29.1 Å². The van der Waals surface area contributed by atoms with Crippen LogP contribution in [0.2, 0.25) is 0 Å². The van der Waals surface area contributed by atoms with Gasteiger partial charge in [-0.3, -0.25) is 19.2 Å². The number of carbonyl (C=O) groups excluding carboxylic acids is 5. The molecule has 4 amide bonds. The third-order valence-electron chi connectivity index (χ3n) is 9.32. The number of benzene rings is 1. The molecule has 44 heavy (non-hydrogen) atoms. The number of rotatable bonds is 14. The number of ether oxygens (including phenoxy) is 1. The van der Waals surface area contributed by atoms with Crippen LogP contribution >= 0.6 is 0 Å². The van der Waals surface area contributed by atoms with Gasteiger partial charge in [-0.05, 0) is 65.9 Å². The van der Waals surface area contributed by atoms with Gasteiger partial charge < -0.3 is 25.6 Å². The molecule has 3 unspecified atom stereocenters. The monoisotopic (exact) mass is 606 g/mol. The molecule has 4 rings (SSSR count). The number of allylic oxidation sites excluding steroid dienone is 1. The van der Waals surface area contributed by atoms with Crippen molar-refractivity contribution in [3.05, 3.63) is 60.7 Å². The van der Waals surface area contributed by atoms with Gasteiger partial charge in [0.15, 0.2) is 0 Å². The number of amides is 4. The number of carbonyl (C=O) groups is 5. The molecule has 2 fully saturated rings. The molecule has 0 spiro atoms. The Morgan fingerprint density at radius 1 is 1.05 bits per heavy atom. The molecule has 1 saturated carbocycles. The molecule has 1 saturated heterocycles. The maximum absolute atomic E-state index is 14.4. The van der Waals surface area contributed by atoms with Gasteiger partial charge in [0, 0.05) is 13.1 Å². The topological polar surface area (TPSA) is 134 Å². The first kappa shape index (κ1) is 33.0. The second kappa shape index (κ2) is 13.8. The Bertz CT molecular complexity index is 1280. The molecule has 1 aromatic rings. The molecule has 0 radical (unpaired) electrons. The zero-order chi connectivity index (χ0) is 32.2. The number of nitrogens with zero attached hydrogens (tertiary/aromatic N) is 1. The zero-order valence-corrected chi connectivity index (χ0v) is 26.3. The van der Waals surface area contributed by atoms with Gasteiger partial charge in [-0.15, -0.1) is 13.2 Å². The highest BCUT2D eigenvalue weighted by atomic mass is 16.5. The van der Waals surface area contributed by atoms with Crippen LogP contribution in [-0.4, -0.2) is 72.3 Å². The minimum Gasteiger partial charge on any atom is -0.449 e. The van der Waals surface area contributed by atoms with Crippen molar-refractivity contribution in [1.29, 1.82) is 0 Å². The maximum atomic E-state index is 14.4. The van der Waals surface area contributed by atoms with E-state index in [1.807, 2.05) is 38.1 Å². The molecule has 5 atom stereocenters. The Balaban J connectivity index is 1.58. The molecular formula is C34H46N4O6. The summed E-state index contributed by atoms with van der Waals surface area (Å²) in [7, 11) is 0. The second-order valence-corrected chi connectivity index (χ2v) is 13.2. The number of likely N-dealkylation sites (tertiary alicyclic amines) is 1. The van der Waals surface area contributed by atoms with Crippen LogP contribution in [0, 0.1) is 29.1 Å². The molecule has 10 heteroatoms. The number of nitrogens with one attached hydrogen (secondary N) is 3. The number of hydrogen-bond donors (Lipinski definition) is 3. The molecule has 238 valence electrons. The first-order chi connectivity index (χ1) is 20.9. The Hall–Kier alpha value is -3.95. The highest BCUT2D eigenvalue weighted by molar-refractivity contribution is 6.38. The standard InChI is InChI=1S/C34H46N4O6/c1-7-9-14-25(29(39)31(41)35-15-8-2)36-30(40)28-26-24(34(26,5)6)18-38(28)32(42)27(37-33(43)44-19-20(3)4)23-16-21-12-10-11-13-22(21)17-23/h7-8,10-13,20,23-28H,1-2,9,14-19H2,3-6H3,(H,35,41)(H,36,40)(H,37,43)/t24?,25?,26?,27-,28-/m0/s1. The number of ketones is 1. The number of Topliss-reactive ketones (excluding diaryl/α,β-unsaturated/α-hetero) is 1. The van der Waals surface area contributed by atoms with Crippen LogP contribution < -0.4 is 16.0 Å². The van der Waals surface area contributed by atoms with E-state index in [4.69, 9.17) is 4.74 Å². The highest BCUT2D eigenvalue weighted by Gasteiger charge is 2.69. The van der Waals surface area contributed by atoms with Crippen LogP contribution in [0.5, 0.6) is 0 Å². The van der Waals surface area contributed by atoms with Crippen LogP contribution in [0.1, 0.15) is 51.7 Å². The first-order valence-electron chi connectivity index (χ1n) is 15.5. The van der Waals surface area contributed by atoms with E-state index in [9.17, 15) is 24.0 Å². The molecule has 3 N–H and O–H groups in total. The lowest BCUT2D eigenvalue weighted by Crippen LogP contribution is -2.59. The summed E-state index contributed by atoms with van der Waals surface area (Å²) in [6, 6.07) is 5.15. The smallest absolute Gasteiger partial charge is 0.407 e. The average molecular weight is 607 g/mol.